The lowest BCUT2D eigenvalue weighted by Crippen LogP contribution is -2.38. The van der Waals surface area contributed by atoms with E-state index in [1.54, 1.807) is 18.9 Å². The van der Waals surface area contributed by atoms with Gasteiger partial charge < -0.3 is 16.0 Å². The molecule has 0 bridgehead atoms. The molecule has 0 aromatic heterocycles. The van der Waals surface area contributed by atoms with E-state index in [4.69, 9.17) is 5.73 Å². The van der Waals surface area contributed by atoms with Crippen LogP contribution in [0, 0.1) is 10.1 Å². The molecular weight excluding hydrogens is 248 g/mol. The minimum Gasteiger partial charge on any atom is -0.397 e. The molecule has 0 aliphatic rings. The van der Waals surface area contributed by atoms with Crippen LogP contribution in [0.25, 0.3) is 0 Å². The number of nitrogens with zero attached hydrogens (tertiary/aromatic N) is 2. The van der Waals surface area contributed by atoms with Gasteiger partial charge in [0.25, 0.3) is 5.69 Å². The topological polar surface area (TPSA) is 102 Å². The van der Waals surface area contributed by atoms with Crippen LogP contribution in [-0.2, 0) is 4.79 Å². The second-order valence-electron chi connectivity index (χ2n) is 4.25. The zero-order chi connectivity index (χ0) is 14.6. The Bertz CT molecular complexity index is 490. The molecule has 1 rings (SSSR count). The van der Waals surface area contributed by atoms with E-state index >= 15 is 0 Å². The first-order chi connectivity index (χ1) is 8.86. The molecule has 0 aliphatic heterocycles. The molecule has 0 fully saturated rings. The molecule has 1 amide bonds. The van der Waals surface area contributed by atoms with E-state index < -0.39 is 11.0 Å². The molecule has 7 nitrogen and oxygen atoms in total. The van der Waals surface area contributed by atoms with Crippen LogP contribution in [0.4, 0.5) is 17.1 Å². The number of anilines is 2. The van der Waals surface area contributed by atoms with Crippen LogP contribution >= 0.6 is 0 Å². The van der Waals surface area contributed by atoms with Gasteiger partial charge in [0.2, 0.25) is 5.91 Å². The third kappa shape index (κ3) is 3.57. The van der Waals surface area contributed by atoms with E-state index in [2.05, 4.69) is 5.32 Å². The molecule has 0 aliphatic carbocycles. The summed E-state index contributed by atoms with van der Waals surface area (Å²) in [5.74, 6) is -0.0692. The molecule has 0 saturated carbocycles. The largest absolute Gasteiger partial charge is 0.397 e. The highest BCUT2D eigenvalue weighted by Crippen LogP contribution is 2.24. The maximum atomic E-state index is 11.9. The van der Waals surface area contributed by atoms with Gasteiger partial charge in [0.05, 0.1) is 16.3 Å². The summed E-state index contributed by atoms with van der Waals surface area (Å²) in [4.78, 5) is 23.5. The highest BCUT2D eigenvalue weighted by Gasteiger charge is 2.17. The number of likely N-dealkylation sites (N-methyl/N-ethyl adjacent to an activating group) is 1. The number of nitro groups is 1. The number of hydrogen-bond acceptors (Lipinski definition) is 5. The molecule has 104 valence electrons. The predicted molar refractivity (Wildman–Crippen MR) is 73.9 cm³/mol. The third-order valence-electron chi connectivity index (χ3n) is 2.84. The van der Waals surface area contributed by atoms with Crippen molar-refractivity contribution in [3.8, 4) is 0 Å². The summed E-state index contributed by atoms with van der Waals surface area (Å²) in [5, 5.41) is 13.5. The Morgan fingerprint density at radius 1 is 1.58 bits per heavy atom. The maximum Gasteiger partial charge on any atom is 0.271 e. The van der Waals surface area contributed by atoms with Crippen molar-refractivity contribution in [2.45, 2.75) is 19.9 Å². The van der Waals surface area contributed by atoms with Gasteiger partial charge in [-0.05, 0) is 19.9 Å². The van der Waals surface area contributed by atoms with Gasteiger partial charge in [0, 0.05) is 25.7 Å². The molecule has 0 spiro atoms. The number of non-ortho nitro benzene ring substituents is 1. The first-order valence-corrected chi connectivity index (χ1v) is 5.92. The van der Waals surface area contributed by atoms with Crippen LogP contribution in [0.5, 0.6) is 0 Å². The number of hydrogen-bond donors (Lipinski definition) is 2. The van der Waals surface area contributed by atoms with E-state index in [1.807, 2.05) is 6.92 Å². The molecule has 3 N–H and O–H groups in total. The summed E-state index contributed by atoms with van der Waals surface area (Å²) in [6.45, 7) is 4.21. The fourth-order valence-corrected chi connectivity index (χ4v) is 1.58. The molecule has 0 heterocycles. The van der Waals surface area contributed by atoms with Crippen LogP contribution in [0.2, 0.25) is 0 Å². The Morgan fingerprint density at radius 3 is 2.68 bits per heavy atom. The predicted octanol–water partition coefficient (Wildman–Crippen LogP) is 1.46. The lowest BCUT2D eigenvalue weighted by atomic mass is 10.2. The zero-order valence-electron chi connectivity index (χ0n) is 11.2. The van der Waals surface area contributed by atoms with Crippen LogP contribution in [-0.4, -0.2) is 35.4 Å². The van der Waals surface area contributed by atoms with Gasteiger partial charge in [-0.15, -0.1) is 0 Å². The molecule has 1 aromatic carbocycles. The van der Waals surface area contributed by atoms with Gasteiger partial charge in [-0.2, -0.15) is 0 Å². The molecule has 7 heteroatoms. The van der Waals surface area contributed by atoms with Crippen LogP contribution < -0.4 is 11.1 Å². The molecular formula is C12H18N4O3. The van der Waals surface area contributed by atoms with Crippen LogP contribution in [0.1, 0.15) is 13.8 Å². The SMILES string of the molecule is CCN(C)C(=O)C(C)Nc1ccc([N+](=O)[O-])cc1N. The lowest BCUT2D eigenvalue weighted by Gasteiger charge is -2.21. The van der Waals surface area contributed by atoms with Crippen molar-refractivity contribution in [2.24, 2.45) is 0 Å². The van der Waals surface area contributed by atoms with Crippen LogP contribution in [0.3, 0.4) is 0 Å². The molecule has 1 aromatic rings. The number of rotatable bonds is 5. The lowest BCUT2D eigenvalue weighted by molar-refractivity contribution is -0.384. The number of nitrogen functional groups attached to an aromatic ring is 1. The second-order valence-corrected chi connectivity index (χ2v) is 4.25. The molecule has 19 heavy (non-hydrogen) atoms. The minimum atomic E-state index is -0.514. The van der Waals surface area contributed by atoms with E-state index in [-0.39, 0.29) is 17.3 Å². The highest BCUT2D eigenvalue weighted by atomic mass is 16.6. The van der Waals surface area contributed by atoms with Crippen molar-refractivity contribution < 1.29 is 9.72 Å². The number of nitrogens with one attached hydrogen (secondary N) is 1. The number of nitrogens with two attached hydrogens (primary N) is 1. The smallest absolute Gasteiger partial charge is 0.271 e. The number of nitro benzene ring substituents is 1. The number of carbonyl (C=O) groups is 1. The Labute approximate surface area is 111 Å². The summed E-state index contributed by atoms with van der Waals surface area (Å²) in [5.41, 5.74) is 6.40. The summed E-state index contributed by atoms with van der Waals surface area (Å²) in [6.07, 6.45) is 0. The Morgan fingerprint density at radius 2 is 2.21 bits per heavy atom. The number of carbonyl (C=O) groups excluding carboxylic acids is 1. The van der Waals surface area contributed by atoms with E-state index in [9.17, 15) is 14.9 Å². The quantitative estimate of drug-likeness (QED) is 0.477. The van der Waals surface area contributed by atoms with Crippen molar-refractivity contribution >= 4 is 23.0 Å². The van der Waals surface area contributed by atoms with Gasteiger partial charge in [0.1, 0.15) is 6.04 Å². The standard InChI is InChI=1S/C12H18N4O3/c1-4-15(3)12(17)8(2)14-11-6-5-9(16(18)19)7-10(11)13/h5-8,14H,4,13H2,1-3H3. The van der Waals surface area contributed by atoms with E-state index in [0.717, 1.165) is 0 Å². The fraction of sp³-hybridized carbons (Fsp3) is 0.417. The van der Waals surface area contributed by atoms with E-state index in [0.29, 0.717) is 12.2 Å². The fourth-order valence-electron chi connectivity index (χ4n) is 1.58. The van der Waals surface area contributed by atoms with Gasteiger partial charge in [-0.25, -0.2) is 0 Å². The average molecular weight is 266 g/mol. The van der Waals surface area contributed by atoms with Crippen molar-refractivity contribution in [1.82, 2.24) is 4.90 Å². The monoisotopic (exact) mass is 266 g/mol. The van der Waals surface area contributed by atoms with Crippen molar-refractivity contribution in [1.29, 1.82) is 0 Å². The Kier molecular flexibility index (Phi) is 4.68. The average Bonchev–Trinajstić information content (AvgIpc) is 2.38. The van der Waals surface area contributed by atoms with Crippen molar-refractivity contribution in [3.63, 3.8) is 0 Å². The summed E-state index contributed by atoms with van der Waals surface area (Å²) in [7, 11) is 1.71. The molecule has 1 atom stereocenters. The normalized spacial score (nSPS) is 11.7. The summed E-state index contributed by atoms with van der Waals surface area (Å²) < 4.78 is 0. The summed E-state index contributed by atoms with van der Waals surface area (Å²) >= 11 is 0. The summed E-state index contributed by atoms with van der Waals surface area (Å²) in [6, 6.07) is 3.67. The first-order valence-electron chi connectivity index (χ1n) is 5.92. The van der Waals surface area contributed by atoms with Crippen molar-refractivity contribution in [2.75, 3.05) is 24.6 Å². The molecule has 0 saturated heterocycles. The van der Waals surface area contributed by atoms with Gasteiger partial charge in [-0.3, -0.25) is 14.9 Å². The Hall–Kier alpha value is -2.31. The molecule has 1 unspecified atom stereocenters. The highest BCUT2D eigenvalue weighted by molar-refractivity contribution is 5.85. The Balaban J connectivity index is 2.83. The maximum absolute atomic E-state index is 11.9. The minimum absolute atomic E-state index is 0.0692. The van der Waals surface area contributed by atoms with Crippen molar-refractivity contribution in [3.05, 3.63) is 28.3 Å². The van der Waals surface area contributed by atoms with Gasteiger partial charge >= 0.3 is 0 Å². The number of amides is 1. The zero-order valence-corrected chi connectivity index (χ0v) is 11.2. The van der Waals surface area contributed by atoms with Gasteiger partial charge in [0.15, 0.2) is 0 Å². The van der Waals surface area contributed by atoms with Crippen LogP contribution in [0.15, 0.2) is 18.2 Å². The van der Waals surface area contributed by atoms with E-state index in [1.165, 1.54) is 18.2 Å². The third-order valence-corrected chi connectivity index (χ3v) is 2.84. The second kappa shape index (κ2) is 6.03. The number of benzene rings is 1. The van der Waals surface area contributed by atoms with Gasteiger partial charge in [-0.1, -0.05) is 0 Å². The first kappa shape index (κ1) is 14.7. The molecule has 0 radical (unpaired) electrons.